The number of carboxylic acids is 1. The van der Waals surface area contributed by atoms with Crippen LogP contribution < -0.4 is 0 Å². The number of carbonyl (C=O) groups is 3. The number of hydrogen-bond donors (Lipinski definition) is 1. The van der Waals surface area contributed by atoms with Crippen LogP contribution in [-0.2, 0) is 14.4 Å². The van der Waals surface area contributed by atoms with E-state index < -0.39 is 5.97 Å². The molecular weight excluding hydrogens is 248 g/mol. The second-order valence-electron chi connectivity index (χ2n) is 5.39. The van der Waals surface area contributed by atoms with Gasteiger partial charge < -0.3 is 14.9 Å². The summed E-state index contributed by atoms with van der Waals surface area (Å²) in [7, 11) is 0. The highest BCUT2D eigenvalue weighted by Crippen LogP contribution is 2.20. The van der Waals surface area contributed by atoms with Crippen LogP contribution in [-0.4, -0.2) is 58.9 Å². The molecule has 6 heteroatoms. The lowest BCUT2D eigenvalue weighted by molar-refractivity contribution is -0.147. The van der Waals surface area contributed by atoms with Crippen LogP contribution in [0.4, 0.5) is 0 Å². The molecule has 0 spiro atoms. The number of nitrogens with zero attached hydrogens (tertiary/aromatic N) is 2. The molecule has 0 aromatic heterocycles. The van der Waals surface area contributed by atoms with Gasteiger partial charge in [-0.2, -0.15) is 0 Å². The van der Waals surface area contributed by atoms with Crippen LogP contribution in [0.25, 0.3) is 0 Å². The molecule has 2 heterocycles. The first kappa shape index (κ1) is 13.8. The Morgan fingerprint density at radius 3 is 2.63 bits per heavy atom. The predicted octanol–water partition coefficient (Wildman–Crippen LogP) is 0.322. The third-order valence-corrected chi connectivity index (χ3v) is 3.77. The maximum atomic E-state index is 12.0. The molecule has 0 saturated carbocycles. The van der Waals surface area contributed by atoms with Gasteiger partial charge in [-0.15, -0.1) is 0 Å². The zero-order chi connectivity index (χ0) is 13.8. The van der Waals surface area contributed by atoms with Crippen LogP contribution in [0.15, 0.2) is 0 Å². The van der Waals surface area contributed by atoms with Crippen molar-refractivity contribution in [2.24, 2.45) is 5.92 Å². The fraction of sp³-hybridized carbons (Fsp3) is 0.769. The van der Waals surface area contributed by atoms with Crippen molar-refractivity contribution < 1.29 is 19.5 Å². The van der Waals surface area contributed by atoms with Crippen LogP contribution >= 0.6 is 0 Å². The molecule has 0 bridgehead atoms. The summed E-state index contributed by atoms with van der Waals surface area (Å²) in [6.07, 6.45) is 3.57. The third kappa shape index (κ3) is 3.68. The van der Waals surface area contributed by atoms with Crippen molar-refractivity contribution in [1.82, 2.24) is 9.80 Å². The zero-order valence-electron chi connectivity index (χ0n) is 11.0. The first-order chi connectivity index (χ1) is 9.06. The Morgan fingerprint density at radius 1 is 1.21 bits per heavy atom. The van der Waals surface area contributed by atoms with Crippen molar-refractivity contribution in [3.63, 3.8) is 0 Å². The molecule has 0 aromatic rings. The fourth-order valence-corrected chi connectivity index (χ4v) is 2.62. The molecule has 2 saturated heterocycles. The second kappa shape index (κ2) is 6.04. The summed E-state index contributed by atoms with van der Waals surface area (Å²) in [4.78, 5) is 37.5. The van der Waals surface area contributed by atoms with E-state index in [2.05, 4.69) is 0 Å². The first-order valence-electron chi connectivity index (χ1n) is 6.83. The Bertz CT molecular complexity index is 377. The van der Waals surface area contributed by atoms with E-state index in [1.807, 2.05) is 0 Å². The predicted molar refractivity (Wildman–Crippen MR) is 67.4 cm³/mol. The van der Waals surface area contributed by atoms with E-state index in [-0.39, 0.29) is 30.7 Å². The van der Waals surface area contributed by atoms with Gasteiger partial charge in [-0.1, -0.05) is 6.42 Å². The van der Waals surface area contributed by atoms with Crippen LogP contribution in [0, 0.1) is 5.92 Å². The SMILES string of the molecule is O=C(O)CC1CN(C(=O)CN2CCCCCC2=O)C1. The maximum Gasteiger partial charge on any atom is 0.303 e. The molecule has 0 atom stereocenters. The summed E-state index contributed by atoms with van der Waals surface area (Å²) in [5, 5.41) is 8.64. The normalized spacial score (nSPS) is 20.9. The van der Waals surface area contributed by atoms with Gasteiger partial charge in [0.2, 0.25) is 11.8 Å². The molecule has 0 aromatic carbocycles. The zero-order valence-corrected chi connectivity index (χ0v) is 11.0. The Labute approximate surface area is 112 Å². The van der Waals surface area contributed by atoms with Crippen molar-refractivity contribution >= 4 is 17.8 Å². The van der Waals surface area contributed by atoms with Gasteiger partial charge in [0.1, 0.15) is 0 Å². The molecule has 2 fully saturated rings. The highest BCUT2D eigenvalue weighted by atomic mass is 16.4. The molecule has 19 heavy (non-hydrogen) atoms. The van der Waals surface area contributed by atoms with E-state index in [1.54, 1.807) is 9.80 Å². The standard InChI is InChI=1S/C13H20N2O4/c16-11-4-2-1-3-5-14(11)9-12(17)15-7-10(8-15)6-13(18)19/h10H,1-9H2,(H,18,19). The monoisotopic (exact) mass is 268 g/mol. The Balaban J connectivity index is 1.75. The van der Waals surface area contributed by atoms with Crippen LogP contribution in [0.1, 0.15) is 32.1 Å². The smallest absolute Gasteiger partial charge is 0.303 e. The molecule has 1 N–H and O–H groups in total. The van der Waals surface area contributed by atoms with E-state index in [4.69, 9.17) is 5.11 Å². The van der Waals surface area contributed by atoms with Gasteiger partial charge in [0.05, 0.1) is 13.0 Å². The van der Waals surface area contributed by atoms with Crippen molar-refractivity contribution in [1.29, 1.82) is 0 Å². The van der Waals surface area contributed by atoms with Crippen molar-refractivity contribution in [3.8, 4) is 0 Å². The molecule has 6 nitrogen and oxygen atoms in total. The summed E-state index contributed by atoms with van der Waals surface area (Å²) < 4.78 is 0. The van der Waals surface area contributed by atoms with Crippen molar-refractivity contribution in [2.45, 2.75) is 32.1 Å². The van der Waals surface area contributed by atoms with Crippen molar-refractivity contribution in [3.05, 3.63) is 0 Å². The Morgan fingerprint density at radius 2 is 1.95 bits per heavy atom. The lowest BCUT2D eigenvalue weighted by Crippen LogP contribution is -2.54. The summed E-state index contributed by atoms with van der Waals surface area (Å²) in [5.41, 5.74) is 0. The van der Waals surface area contributed by atoms with E-state index >= 15 is 0 Å². The number of carbonyl (C=O) groups excluding carboxylic acids is 2. The average molecular weight is 268 g/mol. The number of rotatable bonds is 4. The largest absolute Gasteiger partial charge is 0.481 e. The first-order valence-corrected chi connectivity index (χ1v) is 6.83. The molecule has 0 aliphatic carbocycles. The van der Waals surface area contributed by atoms with Gasteiger partial charge in [-0.3, -0.25) is 14.4 Å². The van der Waals surface area contributed by atoms with Gasteiger partial charge in [0.15, 0.2) is 0 Å². The molecule has 106 valence electrons. The maximum absolute atomic E-state index is 12.0. The van der Waals surface area contributed by atoms with Gasteiger partial charge in [-0.25, -0.2) is 0 Å². The van der Waals surface area contributed by atoms with Crippen LogP contribution in [0.3, 0.4) is 0 Å². The molecule has 2 rings (SSSR count). The third-order valence-electron chi connectivity index (χ3n) is 3.77. The van der Waals surface area contributed by atoms with Gasteiger partial charge >= 0.3 is 5.97 Å². The lowest BCUT2D eigenvalue weighted by atomic mass is 9.96. The van der Waals surface area contributed by atoms with Crippen LogP contribution in [0.2, 0.25) is 0 Å². The van der Waals surface area contributed by atoms with Gasteiger partial charge in [0.25, 0.3) is 0 Å². The number of carboxylic acid groups (broad SMARTS) is 1. The van der Waals surface area contributed by atoms with Crippen LogP contribution in [0.5, 0.6) is 0 Å². The Hall–Kier alpha value is -1.59. The molecule has 2 aliphatic heterocycles. The highest BCUT2D eigenvalue weighted by Gasteiger charge is 2.33. The fourth-order valence-electron chi connectivity index (χ4n) is 2.62. The summed E-state index contributed by atoms with van der Waals surface area (Å²) >= 11 is 0. The molecular formula is C13H20N2O4. The Kier molecular flexibility index (Phi) is 4.39. The topological polar surface area (TPSA) is 77.9 Å². The van der Waals surface area contributed by atoms with Gasteiger partial charge in [0, 0.05) is 32.0 Å². The number of aliphatic carboxylic acids is 1. The molecule has 0 radical (unpaired) electrons. The minimum Gasteiger partial charge on any atom is -0.481 e. The van der Waals surface area contributed by atoms with Crippen molar-refractivity contribution in [2.75, 3.05) is 26.2 Å². The molecule has 0 unspecified atom stereocenters. The summed E-state index contributed by atoms with van der Waals surface area (Å²) in [6, 6.07) is 0. The minimum atomic E-state index is -0.820. The summed E-state index contributed by atoms with van der Waals surface area (Å²) in [5.74, 6) is -0.744. The quantitative estimate of drug-likeness (QED) is 0.796. The van der Waals surface area contributed by atoms with E-state index in [1.165, 1.54) is 0 Å². The van der Waals surface area contributed by atoms with Gasteiger partial charge in [-0.05, 0) is 12.8 Å². The molecule has 2 aliphatic rings. The average Bonchev–Trinajstić information content (AvgIpc) is 2.48. The number of amides is 2. The molecule has 2 amide bonds. The minimum absolute atomic E-state index is 0.0584. The van der Waals surface area contributed by atoms with E-state index in [0.29, 0.717) is 26.1 Å². The second-order valence-corrected chi connectivity index (χ2v) is 5.39. The number of likely N-dealkylation sites (tertiary alicyclic amines) is 2. The lowest BCUT2D eigenvalue weighted by Gasteiger charge is -2.39. The highest BCUT2D eigenvalue weighted by molar-refractivity contribution is 5.85. The summed E-state index contributed by atoms with van der Waals surface area (Å²) in [6.45, 7) is 1.83. The van der Waals surface area contributed by atoms with E-state index in [9.17, 15) is 14.4 Å². The van der Waals surface area contributed by atoms with E-state index in [0.717, 1.165) is 19.3 Å². The number of hydrogen-bond acceptors (Lipinski definition) is 3.